The minimum atomic E-state index is -1.03. The highest BCUT2D eigenvalue weighted by Crippen LogP contribution is 2.31. The van der Waals surface area contributed by atoms with Gasteiger partial charge in [-0.15, -0.1) is 0 Å². The van der Waals surface area contributed by atoms with Crippen LogP contribution < -0.4 is 0 Å². The second-order valence-corrected chi connectivity index (χ2v) is 5.84. The maximum atomic E-state index is 12.9. The summed E-state index contributed by atoms with van der Waals surface area (Å²) in [5.74, 6) is -1.11. The standard InChI is InChI=1S/C15H20N2O4/c1-8-12(9(2)16-13(8)15(19)20)14(18)17-6-7-21-11-5-3-4-10(11)17/h10-11,16H,3-7H2,1-2H3,(H,19,20). The predicted octanol–water partition coefficient (Wildman–Crippen LogP) is 1.72. The maximum absolute atomic E-state index is 12.9. The number of aromatic carboxylic acids is 1. The molecule has 6 heteroatoms. The molecule has 1 aliphatic carbocycles. The third-order valence-corrected chi connectivity index (χ3v) is 4.61. The number of hydrogen-bond acceptors (Lipinski definition) is 3. The summed E-state index contributed by atoms with van der Waals surface area (Å²) >= 11 is 0. The van der Waals surface area contributed by atoms with Gasteiger partial charge in [0.05, 0.1) is 24.3 Å². The molecule has 1 saturated carbocycles. The van der Waals surface area contributed by atoms with Crippen LogP contribution in [0.2, 0.25) is 0 Å². The van der Waals surface area contributed by atoms with Crippen LogP contribution in [0.3, 0.4) is 0 Å². The molecular weight excluding hydrogens is 272 g/mol. The molecule has 0 bridgehead atoms. The first-order valence-corrected chi connectivity index (χ1v) is 7.35. The lowest BCUT2D eigenvalue weighted by atomic mass is 10.0. The Bertz CT molecular complexity index is 593. The van der Waals surface area contributed by atoms with Crippen LogP contribution in [0.5, 0.6) is 0 Å². The first-order chi connectivity index (χ1) is 10.0. The summed E-state index contributed by atoms with van der Waals surface area (Å²) in [6.07, 6.45) is 3.18. The number of amides is 1. The number of nitrogens with zero attached hydrogens (tertiary/aromatic N) is 1. The number of carboxylic acids is 1. The monoisotopic (exact) mass is 292 g/mol. The van der Waals surface area contributed by atoms with Crippen molar-refractivity contribution in [2.75, 3.05) is 13.2 Å². The van der Waals surface area contributed by atoms with Crippen LogP contribution in [0, 0.1) is 13.8 Å². The molecule has 21 heavy (non-hydrogen) atoms. The topological polar surface area (TPSA) is 82.6 Å². The van der Waals surface area contributed by atoms with Gasteiger partial charge in [-0.2, -0.15) is 0 Å². The van der Waals surface area contributed by atoms with Gasteiger partial charge >= 0.3 is 5.97 Å². The van der Waals surface area contributed by atoms with E-state index < -0.39 is 5.97 Å². The third kappa shape index (κ3) is 2.23. The fourth-order valence-corrected chi connectivity index (χ4v) is 3.61. The van der Waals surface area contributed by atoms with Crippen LogP contribution >= 0.6 is 0 Å². The van der Waals surface area contributed by atoms with E-state index in [2.05, 4.69) is 4.98 Å². The highest BCUT2D eigenvalue weighted by atomic mass is 16.5. The highest BCUT2D eigenvalue weighted by Gasteiger charge is 2.39. The number of aryl methyl sites for hydroxylation is 1. The van der Waals surface area contributed by atoms with Crippen molar-refractivity contribution in [2.24, 2.45) is 0 Å². The molecule has 0 aromatic carbocycles. The van der Waals surface area contributed by atoms with Crippen molar-refractivity contribution < 1.29 is 19.4 Å². The molecule has 2 N–H and O–H groups in total. The number of nitrogens with one attached hydrogen (secondary N) is 1. The van der Waals surface area contributed by atoms with Crippen LogP contribution in [0.4, 0.5) is 0 Å². The number of fused-ring (bicyclic) bond motifs is 1. The van der Waals surface area contributed by atoms with Gasteiger partial charge in [0.15, 0.2) is 0 Å². The number of morpholine rings is 1. The number of hydrogen-bond donors (Lipinski definition) is 2. The molecule has 2 aliphatic rings. The molecule has 1 aliphatic heterocycles. The van der Waals surface area contributed by atoms with Crippen molar-refractivity contribution in [3.05, 3.63) is 22.5 Å². The van der Waals surface area contributed by atoms with E-state index in [4.69, 9.17) is 9.84 Å². The summed E-state index contributed by atoms with van der Waals surface area (Å²) in [5, 5.41) is 9.17. The molecule has 1 saturated heterocycles. The summed E-state index contributed by atoms with van der Waals surface area (Å²) in [6, 6.07) is 0.133. The number of carbonyl (C=O) groups excluding carboxylic acids is 1. The van der Waals surface area contributed by atoms with Crippen LogP contribution in [-0.4, -0.2) is 52.2 Å². The molecule has 1 amide bonds. The Morgan fingerprint density at radius 3 is 2.76 bits per heavy atom. The molecule has 114 valence electrons. The Morgan fingerprint density at radius 1 is 1.33 bits per heavy atom. The smallest absolute Gasteiger partial charge is 0.352 e. The Hall–Kier alpha value is -1.82. The fourth-order valence-electron chi connectivity index (χ4n) is 3.61. The molecule has 2 atom stereocenters. The number of carbonyl (C=O) groups is 2. The lowest BCUT2D eigenvalue weighted by Crippen LogP contribution is -2.51. The molecule has 1 aromatic heterocycles. The van der Waals surface area contributed by atoms with Crippen LogP contribution in [-0.2, 0) is 4.74 Å². The molecule has 0 radical (unpaired) electrons. The average molecular weight is 292 g/mol. The van der Waals surface area contributed by atoms with Crippen molar-refractivity contribution >= 4 is 11.9 Å². The molecule has 2 unspecified atom stereocenters. The number of rotatable bonds is 2. The minimum Gasteiger partial charge on any atom is -0.477 e. The van der Waals surface area contributed by atoms with Crippen LogP contribution in [0.25, 0.3) is 0 Å². The van der Waals surface area contributed by atoms with E-state index in [0.29, 0.717) is 30.0 Å². The molecule has 0 spiro atoms. The maximum Gasteiger partial charge on any atom is 0.352 e. The van der Waals surface area contributed by atoms with Crippen molar-refractivity contribution in [2.45, 2.75) is 45.3 Å². The first kappa shape index (κ1) is 14.1. The Labute approximate surface area is 123 Å². The lowest BCUT2D eigenvalue weighted by molar-refractivity contribution is -0.0445. The fraction of sp³-hybridized carbons (Fsp3) is 0.600. The van der Waals surface area contributed by atoms with E-state index in [1.807, 2.05) is 4.90 Å². The number of H-pyrrole nitrogens is 1. The second kappa shape index (κ2) is 5.18. The third-order valence-electron chi connectivity index (χ3n) is 4.61. The van der Waals surface area contributed by atoms with E-state index in [9.17, 15) is 9.59 Å². The minimum absolute atomic E-state index is 0.0750. The van der Waals surface area contributed by atoms with Gasteiger partial charge < -0.3 is 19.7 Å². The summed E-state index contributed by atoms with van der Waals surface area (Å²) in [5.41, 5.74) is 1.74. The molecule has 2 fully saturated rings. The van der Waals surface area contributed by atoms with Gasteiger partial charge in [-0.3, -0.25) is 4.79 Å². The number of carboxylic acid groups (broad SMARTS) is 1. The Morgan fingerprint density at radius 2 is 2.10 bits per heavy atom. The summed E-state index contributed by atoms with van der Waals surface area (Å²) in [7, 11) is 0. The zero-order valence-corrected chi connectivity index (χ0v) is 12.3. The Balaban J connectivity index is 1.93. The van der Waals surface area contributed by atoms with E-state index in [-0.39, 0.29) is 23.7 Å². The number of ether oxygens (including phenoxy) is 1. The van der Waals surface area contributed by atoms with E-state index in [1.54, 1.807) is 13.8 Å². The molecule has 6 nitrogen and oxygen atoms in total. The van der Waals surface area contributed by atoms with E-state index in [0.717, 1.165) is 19.3 Å². The molecule has 1 aromatic rings. The van der Waals surface area contributed by atoms with Gasteiger partial charge in [-0.1, -0.05) is 0 Å². The van der Waals surface area contributed by atoms with Gasteiger partial charge in [-0.25, -0.2) is 4.79 Å². The zero-order valence-electron chi connectivity index (χ0n) is 12.3. The average Bonchev–Trinajstić information content (AvgIpc) is 3.02. The van der Waals surface area contributed by atoms with Crippen molar-refractivity contribution in [1.29, 1.82) is 0 Å². The first-order valence-electron chi connectivity index (χ1n) is 7.35. The van der Waals surface area contributed by atoms with Crippen molar-refractivity contribution in [1.82, 2.24) is 9.88 Å². The quantitative estimate of drug-likeness (QED) is 0.869. The number of aromatic nitrogens is 1. The van der Waals surface area contributed by atoms with Gasteiger partial charge in [-0.05, 0) is 38.7 Å². The normalized spacial score (nSPS) is 25.0. The second-order valence-electron chi connectivity index (χ2n) is 5.84. The van der Waals surface area contributed by atoms with E-state index in [1.165, 1.54) is 0 Å². The number of aromatic amines is 1. The van der Waals surface area contributed by atoms with Crippen LogP contribution in [0.1, 0.15) is 51.4 Å². The molecule has 2 heterocycles. The summed E-state index contributed by atoms with van der Waals surface area (Å²) in [4.78, 5) is 28.8. The SMILES string of the molecule is Cc1[nH]c(C(=O)O)c(C)c1C(=O)N1CCOC2CCCC21. The van der Waals surface area contributed by atoms with Gasteiger partial charge in [0.2, 0.25) is 0 Å². The summed E-state index contributed by atoms with van der Waals surface area (Å²) < 4.78 is 5.73. The van der Waals surface area contributed by atoms with Gasteiger partial charge in [0.1, 0.15) is 5.69 Å². The Kier molecular flexibility index (Phi) is 3.49. The zero-order chi connectivity index (χ0) is 15.1. The van der Waals surface area contributed by atoms with Crippen LogP contribution in [0.15, 0.2) is 0 Å². The highest BCUT2D eigenvalue weighted by molar-refractivity contribution is 6.01. The van der Waals surface area contributed by atoms with Gasteiger partial charge in [0, 0.05) is 12.2 Å². The van der Waals surface area contributed by atoms with Crippen molar-refractivity contribution in [3.8, 4) is 0 Å². The lowest BCUT2D eigenvalue weighted by Gasteiger charge is -2.37. The van der Waals surface area contributed by atoms with Crippen molar-refractivity contribution in [3.63, 3.8) is 0 Å². The largest absolute Gasteiger partial charge is 0.477 e. The predicted molar refractivity (Wildman–Crippen MR) is 75.6 cm³/mol. The van der Waals surface area contributed by atoms with E-state index >= 15 is 0 Å². The summed E-state index contributed by atoms with van der Waals surface area (Å²) in [6.45, 7) is 4.57. The van der Waals surface area contributed by atoms with Gasteiger partial charge in [0.25, 0.3) is 5.91 Å². The molecule has 3 rings (SSSR count). The molecular formula is C15H20N2O4.